The maximum absolute atomic E-state index is 12.9. The van der Waals surface area contributed by atoms with E-state index in [0.29, 0.717) is 6.07 Å². The number of nitriles is 1. The van der Waals surface area contributed by atoms with Crippen LogP contribution < -0.4 is 5.32 Å². The first kappa shape index (κ1) is 18.4. The zero-order valence-corrected chi connectivity index (χ0v) is 12.8. The highest BCUT2D eigenvalue weighted by molar-refractivity contribution is 5.96. The fourth-order valence-electron chi connectivity index (χ4n) is 2.03. The van der Waals surface area contributed by atoms with Crippen molar-refractivity contribution in [3.63, 3.8) is 0 Å². The molecule has 0 spiro atoms. The van der Waals surface area contributed by atoms with E-state index in [1.807, 2.05) is 0 Å². The monoisotopic (exact) mass is 356 g/mol. The van der Waals surface area contributed by atoms with Gasteiger partial charge in [-0.3, -0.25) is 9.48 Å². The molecule has 0 aliphatic rings. The number of carbonyl (C=O) groups is 1. The van der Waals surface area contributed by atoms with E-state index in [9.17, 15) is 27.5 Å². The molecule has 0 aliphatic heterocycles. The van der Waals surface area contributed by atoms with E-state index in [-0.39, 0.29) is 5.69 Å². The van der Waals surface area contributed by atoms with Crippen LogP contribution in [-0.4, -0.2) is 26.4 Å². The van der Waals surface area contributed by atoms with Crippen LogP contribution >= 0.6 is 0 Å². The van der Waals surface area contributed by atoms with Gasteiger partial charge in [0.1, 0.15) is 0 Å². The largest absolute Gasteiger partial charge is 0.417 e. The van der Waals surface area contributed by atoms with Crippen LogP contribution in [0.3, 0.4) is 0 Å². The van der Waals surface area contributed by atoms with Gasteiger partial charge in [-0.15, -0.1) is 5.10 Å². The van der Waals surface area contributed by atoms with Gasteiger partial charge in [0, 0.05) is 18.0 Å². The summed E-state index contributed by atoms with van der Waals surface area (Å²) in [6.07, 6.45) is -3.58. The first-order valence-electron chi connectivity index (χ1n) is 6.87. The Labute approximate surface area is 139 Å². The van der Waals surface area contributed by atoms with Crippen LogP contribution in [0.1, 0.15) is 18.1 Å². The van der Waals surface area contributed by atoms with Crippen molar-refractivity contribution in [2.75, 3.05) is 5.32 Å². The van der Waals surface area contributed by atoms with Gasteiger partial charge >= 0.3 is 6.18 Å². The molecule has 1 aromatic heterocycles. The van der Waals surface area contributed by atoms with Crippen molar-refractivity contribution in [3.8, 4) is 6.07 Å². The van der Waals surface area contributed by atoms with Gasteiger partial charge in [0.15, 0.2) is 5.60 Å². The predicted molar refractivity (Wildman–Crippen MR) is 77.6 cm³/mol. The average Bonchev–Trinajstić information content (AvgIpc) is 2.90. The molecule has 1 amide bonds. The van der Waals surface area contributed by atoms with Crippen molar-refractivity contribution in [2.45, 2.75) is 25.2 Å². The molecular formula is C15H12F4N4O2. The van der Waals surface area contributed by atoms with Crippen molar-refractivity contribution < 1.29 is 27.5 Å². The van der Waals surface area contributed by atoms with Crippen molar-refractivity contribution in [2.24, 2.45) is 0 Å². The Bertz CT molecular complexity index is 837. The van der Waals surface area contributed by atoms with E-state index >= 15 is 0 Å². The molecule has 1 atom stereocenters. The summed E-state index contributed by atoms with van der Waals surface area (Å²) in [5.41, 5.74) is -4.11. The SMILES string of the molecule is CC(O)(Cn1ccc(F)n1)C(=O)Nc1ccc(C#N)c(C(F)(F)F)c1. The summed E-state index contributed by atoms with van der Waals surface area (Å²) in [5, 5.41) is 24.4. The summed E-state index contributed by atoms with van der Waals surface area (Å²) in [6, 6.07) is 5.05. The van der Waals surface area contributed by atoms with Crippen LogP contribution in [0.5, 0.6) is 0 Å². The van der Waals surface area contributed by atoms with Crippen molar-refractivity contribution >= 4 is 11.6 Å². The number of aromatic nitrogens is 2. The highest BCUT2D eigenvalue weighted by Crippen LogP contribution is 2.33. The number of nitrogens with one attached hydrogen (secondary N) is 1. The van der Waals surface area contributed by atoms with Crippen molar-refractivity contribution in [1.82, 2.24) is 9.78 Å². The molecule has 2 aromatic rings. The van der Waals surface area contributed by atoms with Gasteiger partial charge in [0.2, 0.25) is 5.95 Å². The van der Waals surface area contributed by atoms with Gasteiger partial charge in [-0.2, -0.15) is 22.8 Å². The number of amides is 1. The molecule has 0 radical (unpaired) electrons. The van der Waals surface area contributed by atoms with Crippen LogP contribution in [0, 0.1) is 17.3 Å². The minimum Gasteiger partial charge on any atom is -0.378 e. The highest BCUT2D eigenvalue weighted by atomic mass is 19.4. The molecule has 1 aromatic carbocycles. The Kier molecular flexibility index (Phi) is 4.80. The first-order chi connectivity index (χ1) is 11.5. The molecule has 0 fully saturated rings. The molecule has 25 heavy (non-hydrogen) atoms. The second-order valence-corrected chi connectivity index (χ2v) is 5.43. The van der Waals surface area contributed by atoms with E-state index in [4.69, 9.17) is 5.26 Å². The van der Waals surface area contributed by atoms with E-state index in [0.717, 1.165) is 29.8 Å². The first-order valence-corrected chi connectivity index (χ1v) is 6.87. The molecule has 10 heteroatoms. The normalized spacial score (nSPS) is 13.8. The Morgan fingerprint density at radius 3 is 2.60 bits per heavy atom. The summed E-state index contributed by atoms with van der Waals surface area (Å²) < 4.78 is 52.6. The summed E-state index contributed by atoms with van der Waals surface area (Å²) in [5.74, 6) is -1.82. The summed E-state index contributed by atoms with van der Waals surface area (Å²) >= 11 is 0. The third kappa shape index (κ3) is 4.33. The van der Waals surface area contributed by atoms with Gasteiger partial charge in [-0.1, -0.05) is 0 Å². The number of nitrogens with zero attached hydrogens (tertiary/aromatic N) is 3. The van der Waals surface area contributed by atoms with E-state index in [1.165, 1.54) is 12.3 Å². The second-order valence-electron chi connectivity index (χ2n) is 5.43. The summed E-state index contributed by atoms with van der Waals surface area (Å²) in [7, 11) is 0. The number of benzene rings is 1. The number of halogens is 4. The predicted octanol–water partition coefficient (Wildman–Crippen LogP) is 2.30. The zero-order chi connectivity index (χ0) is 18.8. The molecule has 6 nitrogen and oxygen atoms in total. The van der Waals surface area contributed by atoms with Crippen LogP contribution in [0.25, 0.3) is 0 Å². The molecule has 0 bridgehead atoms. The lowest BCUT2D eigenvalue weighted by molar-refractivity contribution is -0.138. The number of rotatable bonds is 4. The third-order valence-electron chi connectivity index (χ3n) is 3.27. The minimum atomic E-state index is -4.78. The molecule has 0 saturated carbocycles. The van der Waals surface area contributed by atoms with E-state index < -0.39 is 41.3 Å². The van der Waals surface area contributed by atoms with Crippen molar-refractivity contribution in [1.29, 1.82) is 5.26 Å². The lowest BCUT2D eigenvalue weighted by Gasteiger charge is -2.22. The smallest absolute Gasteiger partial charge is 0.378 e. The molecule has 2 N–H and O–H groups in total. The Hall–Kier alpha value is -2.93. The third-order valence-corrected chi connectivity index (χ3v) is 3.27. The molecular weight excluding hydrogens is 344 g/mol. The maximum Gasteiger partial charge on any atom is 0.417 e. The van der Waals surface area contributed by atoms with Crippen LogP contribution in [0.2, 0.25) is 0 Å². The molecule has 0 aliphatic carbocycles. The second kappa shape index (κ2) is 6.52. The lowest BCUT2D eigenvalue weighted by Crippen LogP contribution is -2.43. The number of aliphatic hydroxyl groups is 1. The molecule has 1 unspecified atom stereocenters. The van der Waals surface area contributed by atoms with E-state index in [2.05, 4.69) is 10.4 Å². The van der Waals surface area contributed by atoms with Crippen LogP contribution in [-0.2, 0) is 17.5 Å². The Morgan fingerprint density at radius 2 is 2.08 bits per heavy atom. The quantitative estimate of drug-likeness (QED) is 0.823. The maximum atomic E-state index is 12.9. The highest BCUT2D eigenvalue weighted by Gasteiger charge is 2.35. The summed E-state index contributed by atoms with van der Waals surface area (Å²) in [6.45, 7) is 0.696. The molecule has 2 rings (SSSR count). The fourth-order valence-corrected chi connectivity index (χ4v) is 2.03. The number of alkyl halides is 3. The molecule has 0 saturated heterocycles. The van der Waals surface area contributed by atoms with Crippen LogP contribution in [0.15, 0.2) is 30.5 Å². The summed E-state index contributed by atoms with van der Waals surface area (Å²) in [4.78, 5) is 12.1. The topological polar surface area (TPSA) is 90.9 Å². The van der Waals surface area contributed by atoms with Gasteiger partial charge in [0.25, 0.3) is 5.91 Å². The van der Waals surface area contributed by atoms with Gasteiger partial charge in [-0.25, -0.2) is 0 Å². The number of anilines is 1. The standard InChI is InChI=1S/C15H12F4N4O2/c1-14(25,8-23-5-4-12(16)22-23)13(24)21-10-3-2-9(7-20)11(6-10)15(17,18)19/h2-6,25H,8H2,1H3,(H,21,24). The fraction of sp³-hybridized carbons (Fsp3) is 0.267. The van der Waals surface area contributed by atoms with E-state index in [1.54, 1.807) is 0 Å². The minimum absolute atomic E-state index is 0.247. The Balaban J connectivity index is 2.21. The molecule has 1 heterocycles. The number of hydrogen-bond acceptors (Lipinski definition) is 4. The van der Waals surface area contributed by atoms with Gasteiger partial charge in [-0.05, 0) is 25.1 Å². The molecule has 132 valence electrons. The number of hydrogen-bond donors (Lipinski definition) is 2. The average molecular weight is 356 g/mol. The van der Waals surface area contributed by atoms with Gasteiger partial charge in [0.05, 0.1) is 23.7 Å². The van der Waals surface area contributed by atoms with Crippen molar-refractivity contribution in [3.05, 3.63) is 47.5 Å². The zero-order valence-electron chi connectivity index (χ0n) is 12.8. The Morgan fingerprint density at radius 1 is 1.40 bits per heavy atom. The van der Waals surface area contributed by atoms with Crippen LogP contribution in [0.4, 0.5) is 23.2 Å². The van der Waals surface area contributed by atoms with Gasteiger partial charge < -0.3 is 10.4 Å². The lowest BCUT2D eigenvalue weighted by atomic mass is 10.0. The number of carbonyl (C=O) groups excluding carboxylic acids is 1.